The predicted octanol–water partition coefficient (Wildman–Crippen LogP) is 3.00. The molecule has 1 aromatic rings. The van der Waals surface area contributed by atoms with Crippen LogP contribution in [0.25, 0.3) is 0 Å². The highest BCUT2D eigenvalue weighted by molar-refractivity contribution is 5.83. The van der Waals surface area contributed by atoms with Crippen molar-refractivity contribution in [1.82, 2.24) is 10.2 Å². The normalized spacial score (nSPS) is 12.9. The molecule has 0 fully saturated rings. The van der Waals surface area contributed by atoms with E-state index in [1.807, 2.05) is 0 Å². The summed E-state index contributed by atoms with van der Waals surface area (Å²) in [5.41, 5.74) is -0.371. The molecule has 1 aromatic carbocycles. The highest BCUT2D eigenvalue weighted by Crippen LogP contribution is 2.32. The molecule has 1 rings (SSSR count). The van der Waals surface area contributed by atoms with Gasteiger partial charge in [0.05, 0.1) is 18.2 Å². The second kappa shape index (κ2) is 7.48. The fourth-order valence-corrected chi connectivity index (χ4v) is 2.09. The zero-order chi connectivity index (χ0) is 17.8. The lowest BCUT2D eigenvalue weighted by Crippen LogP contribution is -2.40. The number of rotatable bonds is 5. The Kier molecular flexibility index (Phi) is 6.18. The molecule has 0 heterocycles. The highest BCUT2D eigenvalue weighted by atomic mass is 19.4. The van der Waals surface area contributed by atoms with Gasteiger partial charge in [0.25, 0.3) is 0 Å². The Morgan fingerprint density at radius 3 is 2.35 bits per heavy atom. The zero-order valence-electron chi connectivity index (χ0n) is 13.6. The lowest BCUT2D eigenvalue weighted by atomic mass is 9.94. The van der Waals surface area contributed by atoms with Crippen LogP contribution in [0.5, 0.6) is 0 Å². The molecule has 1 N–H and O–H groups in total. The van der Waals surface area contributed by atoms with Gasteiger partial charge in [-0.25, -0.2) is 0 Å². The minimum absolute atomic E-state index is 0.106. The molecule has 0 aliphatic rings. The second-order valence-corrected chi connectivity index (χ2v) is 5.79. The van der Waals surface area contributed by atoms with E-state index in [4.69, 9.17) is 0 Å². The molecular formula is C16H21F3N2O2. The van der Waals surface area contributed by atoms with E-state index < -0.39 is 23.7 Å². The molecule has 0 aliphatic carbocycles. The molecule has 0 unspecified atom stereocenters. The number of hydrogen-bond donors (Lipinski definition) is 1. The van der Waals surface area contributed by atoms with Crippen LogP contribution in [-0.2, 0) is 15.8 Å². The van der Waals surface area contributed by atoms with E-state index in [-0.39, 0.29) is 18.4 Å². The molecule has 0 saturated heterocycles. The third-order valence-electron chi connectivity index (χ3n) is 3.47. The van der Waals surface area contributed by atoms with E-state index >= 15 is 0 Å². The van der Waals surface area contributed by atoms with Crippen molar-refractivity contribution in [1.29, 1.82) is 0 Å². The quantitative estimate of drug-likeness (QED) is 0.902. The van der Waals surface area contributed by atoms with Crippen LogP contribution in [0.1, 0.15) is 37.9 Å². The minimum atomic E-state index is -4.43. The van der Waals surface area contributed by atoms with Gasteiger partial charge in [-0.1, -0.05) is 26.0 Å². The van der Waals surface area contributed by atoms with Crippen LogP contribution in [0.2, 0.25) is 0 Å². The Morgan fingerprint density at radius 2 is 1.87 bits per heavy atom. The average molecular weight is 330 g/mol. The second-order valence-electron chi connectivity index (χ2n) is 5.79. The molecule has 0 spiro atoms. The van der Waals surface area contributed by atoms with Gasteiger partial charge in [-0.15, -0.1) is 0 Å². The number of nitrogens with zero attached hydrogens (tertiary/aromatic N) is 1. The van der Waals surface area contributed by atoms with E-state index in [0.717, 1.165) is 12.1 Å². The van der Waals surface area contributed by atoms with Crippen molar-refractivity contribution in [2.45, 2.75) is 33.0 Å². The van der Waals surface area contributed by atoms with Gasteiger partial charge in [-0.2, -0.15) is 13.2 Å². The molecule has 0 bridgehead atoms. The van der Waals surface area contributed by atoms with E-state index in [9.17, 15) is 22.8 Å². The van der Waals surface area contributed by atoms with Crippen LogP contribution in [0.4, 0.5) is 13.2 Å². The summed E-state index contributed by atoms with van der Waals surface area (Å²) < 4.78 is 38.5. The van der Waals surface area contributed by atoms with E-state index in [1.54, 1.807) is 19.9 Å². The number of carbonyl (C=O) groups is 2. The Balaban J connectivity index is 2.95. The van der Waals surface area contributed by atoms with Gasteiger partial charge in [-0.05, 0) is 23.6 Å². The Labute approximate surface area is 133 Å². The first kappa shape index (κ1) is 19.0. The van der Waals surface area contributed by atoms with Crippen LogP contribution in [0.15, 0.2) is 24.3 Å². The molecule has 4 nitrogen and oxygen atoms in total. The van der Waals surface area contributed by atoms with Crippen molar-refractivity contribution in [3.63, 3.8) is 0 Å². The largest absolute Gasteiger partial charge is 0.416 e. The highest BCUT2D eigenvalue weighted by Gasteiger charge is 2.31. The van der Waals surface area contributed by atoms with Crippen LogP contribution >= 0.6 is 0 Å². The minimum Gasteiger partial charge on any atom is -0.348 e. The third-order valence-corrected chi connectivity index (χ3v) is 3.47. The smallest absolute Gasteiger partial charge is 0.348 e. The number of alkyl halides is 3. The van der Waals surface area contributed by atoms with Crippen molar-refractivity contribution < 1.29 is 22.8 Å². The van der Waals surface area contributed by atoms with Gasteiger partial charge in [-0.3, -0.25) is 9.59 Å². The number of likely N-dealkylation sites (N-methyl/N-ethyl adjacent to an activating group) is 1. The Hall–Kier alpha value is -2.05. The topological polar surface area (TPSA) is 49.4 Å². The van der Waals surface area contributed by atoms with Crippen LogP contribution in [0, 0.1) is 5.92 Å². The molecule has 0 radical (unpaired) electrons. The molecule has 0 aromatic heterocycles. The van der Waals surface area contributed by atoms with Gasteiger partial charge in [0.2, 0.25) is 11.8 Å². The number of hydrogen-bond acceptors (Lipinski definition) is 2. The Morgan fingerprint density at radius 1 is 1.26 bits per heavy atom. The molecule has 7 heteroatoms. The molecule has 0 saturated carbocycles. The number of carbonyl (C=O) groups excluding carboxylic acids is 2. The monoisotopic (exact) mass is 330 g/mol. The molecule has 1 atom stereocenters. The third kappa shape index (κ3) is 5.58. The van der Waals surface area contributed by atoms with Crippen molar-refractivity contribution in [3.8, 4) is 0 Å². The van der Waals surface area contributed by atoms with Crippen molar-refractivity contribution >= 4 is 11.8 Å². The summed E-state index contributed by atoms with van der Waals surface area (Å²) in [5, 5.41) is 2.70. The predicted molar refractivity (Wildman–Crippen MR) is 80.5 cm³/mol. The van der Waals surface area contributed by atoms with Gasteiger partial charge in [0.15, 0.2) is 0 Å². The maximum atomic E-state index is 12.8. The van der Waals surface area contributed by atoms with E-state index in [2.05, 4.69) is 5.32 Å². The number of amides is 2. The molecule has 2 amide bonds. The summed E-state index contributed by atoms with van der Waals surface area (Å²) in [4.78, 5) is 24.4. The SMILES string of the molecule is CC(=O)N(C)CC(=O)N[C@H](c1cccc(C(F)(F)F)c1)C(C)C. The van der Waals surface area contributed by atoms with Crippen LogP contribution < -0.4 is 5.32 Å². The first-order valence-corrected chi connectivity index (χ1v) is 7.20. The summed E-state index contributed by atoms with van der Waals surface area (Å²) >= 11 is 0. The van der Waals surface area contributed by atoms with Crippen molar-refractivity contribution in [2.75, 3.05) is 13.6 Å². The van der Waals surface area contributed by atoms with E-state index in [0.29, 0.717) is 5.56 Å². The maximum absolute atomic E-state index is 12.8. The lowest BCUT2D eigenvalue weighted by Gasteiger charge is -2.25. The summed E-state index contributed by atoms with van der Waals surface area (Å²) in [6.07, 6.45) is -4.43. The van der Waals surface area contributed by atoms with Crippen molar-refractivity contribution in [2.24, 2.45) is 5.92 Å². The van der Waals surface area contributed by atoms with Gasteiger partial charge in [0, 0.05) is 14.0 Å². The number of benzene rings is 1. The first-order valence-electron chi connectivity index (χ1n) is 7.20. The van der Waals surface area contributed by atoms with Crippen LogP contribution in [0.3, 0.4) is 0 Å². The van der Waals surface area contributed by atoms with Gasteiger partial charge in [0.1, 0.15) is 0 Å². The summed E-state index contributed by atoms with van der Waals surface area (Å²) in [5.74, 6) is -0.788. The summed E-state index contributed by atoms with van der Waals surface area (Å²) in [6.45, 7) is 4.80. The fourth-order valence-electron chi connectivity index (χ4n) is 2.09. The molecule has 23 heavy (non-hydrogen) atoms. The fraction of sp³-hybridized carbons (Fsp3) is 0.500. The number of nitrogens with one attached hydrogen (secondary N) is 1. The van der Waals surface area contributed by atoms with Crippen LogP contribution in [-0.4, -0.2) is 30.3 Å². The number of halogens is 3. The molecule has 0 aliphatic heterocycles. The summed E-state index contributed by atoms with van der Waals surface area (Å²) in [6, 6.07) is 4.34. The average Bonchev–Trinajstić information content (AvgIpc) is 2.43. The molecule has 128 valence electrons. The van der Waals surface area contributed by atoms with Gasteiger partial charge < -0.3 is 10.2 Å². The maximum Gasteiger partial charge on any atom is 0.416 e. The standard InChI is InChI=1S/C16H21F3N2O2/c1-10(2)15(20-14(23)9-21(4)11(3)22)12-6-5-7-13(8-12)16(17,18)19/h5-8,10,15H,9H2,1-4H3,(H,20,23)/t15-/m0/s1. The van der Waals surface area contributed by atoms with Crippen molar-refractivity contribution in [3.05, 3.63) is 35.4 Å². The zero-order valence-corrected chi connectivity index (χ0v) is 13.6. The lowest BCUT2D eigenvalue weighted by molar-refractivity contribution is -0.137. The summed E-state index contributed by atoms with van der Waals surface area (Å²) in [7, 11) is 1.48. The molecular weight excluding hydrogens is 309 g/mol. The van der Waals surface area contributed by atoms with Gasteiger partial charge >= 0.3 is 6.18 Å². The van der Waals surface area contributed by atoms with E-state index in [1.165, 1.54) is 24.9 Å². The Bertz CT molecular complexity index is 571. The first-order chi connectivity index (χ1) is 10.5.